The molecule has 6 heteroatoms. The second kappa shape index (κ2) is 15.6. The van der Waals surface area contributed by atoms with E-state index in [2.05, 4.69) is 95.6 Å². The second-order valence-corrected chi connectivity index (χ2v) is 15.2. The number of para-hydroxylation sites is 2. The Hall–Kier alpha value is -8.48. The number of allylic oxidation sites excluding steroid dienone is 1. The molecule has 3 aromatic heterocycles. The highest BCUT2D eigenvalue weighted by Crippen LogP contribution is 2.41. The van der Waals surface area contributed by atoms with E-state index in [1.165, 1.54) is 0 Å². The third-order valence-corrected chi connectivity index (χ3v) is 11.3. The summed E-state index contributed by atoms with van der Waals surface area (Å²) >= 11 is 0. The SMILES string of the molecule is N=C(N=C(/C=C/c1cc(-c2cc(-c3ccccc3)nc(-c3ccccc3)n2)ccc1-n1c2ccccc2c2c3oc4ccccc4c3ccc21)c1ccccc1)c1ccccc1. The number of rotatable bonds is 8. The van der Waals surface area contributed by atoms with Crippen molar-refractivity contribution in [1.82, 2.24) is 14.5 Å². The van der Waals surface area contributed by atoms with E-state index in [1.54, 1.807) is 0 Å². The van der Waals surface area contributed by atoms with Crippen molar-refractivity contribution in [3.63, 3.8) is 0 Å². The van der Waals surface area contributed by atoms with E-state index < -0.39 is 0 Å². The molecule has 0 saturated carbocycles. The number of nitrogens with one attached hydrogen (secondary N) is 1. The molecule has 3 heterocycles. The topological polar surface area (TPSA) is 80.1 Å². The highest BCUT2D eigenvalue weighted by atomic mass is 16.3. The van der Waals surface area contributed by atoms with Gasteiger partial charge in [-0.2, -0.15) is 0 Å². The average Bonchev–Trinajstić information content (AvgIpc) is 3.89. The Labute approximate surface area is 358 Å². The molecular weight excluding hydrogens is 759 g/mol. The molecule has 0 radical (unpaired) electrons. The van der Waals surface area contributed by atoms with Gasteiger partial charge in [0, 0.05) is 44.0 Å². The minimum absolute atomic E-state index is 0.184. The van der Waals surface area contributed by atoms with Gasteiger partial charge in [-0.25, -0.2) is 15.0 Å². The lowest BCUT2D eigenvalue weighted by Gasteiger charge is -2.15. The Morgan fingerprint density at radius 3 is 1.87 bits per heavy atom. The smallest absolute Gasteiger partial charge is 0.160 e. The van der Waals surface area contributed by atoms with Crippen LogP contribution in [-0.2, 0) is 0 Å². The number of hydrogen-bond donors (Lipinski definition) is 1. The normalized spacial score (nSPS) is 12.0. The Bertz CT molecular complexity index is 3460. The van der Waals surface area contributed by atoms with Gasteiger partial charge in [-0.15, -0.1) is 0 Å². The number of fused-ring (bicyclic) bond motifs is 7. The summed E-state index contributed by atoms with van der Waals surface area (Å²) in [6.45, 7) is 0. The molecule has 1 N–H and O–H groups in total. The molecule has 62 heavy (non-hydrogen) atoms. The molecule has 6 nitrogen and oxygen atoms in total. The first-order valence-corrected chi connectivity index (χ1v) is 20.6. The maximum atomic E-state index is 9.02. The quantitative estimate of drug-likeness (QED) is 0.123. The molecular formula is C56H37N5O. The average molecular weight is 796 g/mol. The lowest BCUT2D eigenvalue weighted by molar-refractivity contribution is 0.673. The van der Waals surface area contributed by atoms with Crippen LogP contribution < -0.4 is 0 Å². The molecule has 0 aliphatic carbocycles. The molecule has 0 spiro atoms. The molecule has 8 aromatic carbocycles. The van der Waals surface area contributed by atoms with E-state index in [-0.39, 0.29) is 5.84 Å². The molecule has 0 amide bonds. The summed E-state index contributed by atoms with van der Waals surface area (Å²) in [7, 11) is 0. The van der Waals surface area contributed by atoms with Gasteiger partial charge in [0.05, 0.1) is 39.2 Å². The van der Waals surface area contributed by atoms with Gasteiger partial charge in [-0.3, -0.25) is 5.41 Å². The zero-order valence-corrected chi connectivity index (χ0v) is 33.5. The predicted molar refractivity (Wildman–Crippen MR) is 255 cm³/mol. The van der Waals surface area contributed by atoms with Gasteiger partial charge in [0.1, 0.15) is 11.2 Å². The fourth-order valence-electron chi connectivity index (χ4n) is 8.37. The maximum absolute atomic E-state index is 9.02. The van der Waals surface area contributed by atoms with Gasteiger partial charge in [-0.1, -0.05) is 170 Å². The lowest BCUT2D eigenvalue weighted by Crippen LogP contribution is -2.04. The fourth-order valence-corrected chi connectivity index (χ4v) is 8.37. The third-order valence-electron chi connectivity index (χ3n) is 11.3. The second-order valence-electron chi connectivity index (χ2n) is 15.2. The Kier molecular flexibility index (Phi) is 9.21. The largest absolute Gasteiger partial charge is 0.455 e. The van der Waals surface area contributed by atoms with Gasteiger partial charge in [0.2, 0.25) is 0 Å². The number of amidine groups is 1. The van der Waals surface area contributed by atoms with Crippen molar-refractivity contribution in [3.05, 3.63) is 229 Å². The van der Waals surface area contributed by atoms with Crippen LogP contribution in [0.25, 0.3) is 89.4 Å². The van der Waals surface area contributed by atoms with E-state index >= 15 is 0 Å². The van der Waals surface area contributed by atoms with Crippen molar-refractivity contribution in [2.75, 3.05) is 0 Å². The lowest BCUT2D eigenvalue weighted by atomic mass is 10.0. The van der Waals surface area contributed by atoms with Gasteiger partial charge in [0.25, 0.3) is 0 Å². The van der Waals surface area contributed by atoms with Crippen LogP contribution in [0.15, 0.2) is 222 Å². The van der Waals surface area contributed by atoms with E-state index in [4.69, 9.17) is 24.8 Å². The molecule has 11 rings (SSSR count). The summed E-state index contributed by atoms with van der Waals surface area (Å²) in [4.78, 5) is 15.2. The molecule has 0 aliphatic heterocycles. The molecule has 0 atom stereocenters. The van der Waals surface area contributed by atoms with Gasteiger partial charge >= 0.3 is 0 Å². The minimum atomic E-state index is 0.184. The molecule has 11 aromatic rings. The Morgan fingerprint density at radius 1 is 0.516 bits per heavy atom. The van der Waals surface area contributed by atoms with Crippen LogP contribution in [0, 0.1) is 5.41 Å². The maximum Gasteiger partial charge on any atom is 0.160 e. The molecule has 0 bridgehead atoms. The molecule has 0 aliphatic rings. The number of benzene rings is 8. The highest BCUT2D eigenvalue weighted by molar-refractivity contribution is 6.24. The number of aliphatic imine (C=N–C) groups is 1. The van der Waals surface area contributed by atoms with Crippen molar-refractivity contribution >= 4 is 61.4 Å². The summed E-state index contributed by atoms with van der Waals surface area (Å²) in [5.74, 6) is 0.835. The number of furan rings is 1. The third kappa shape index (κ3) is 6.66. The van der Waals surface area contributed by atoms with Gasteiger partial charge in [0.15, 0.2) is 11.7 Å². The van der Waals surface area contributed by atoms with Crippen LogP contribution in [0.3, 0.4) is 0 Å². The van der Waals surface area contributed by atoms with Crippen molar-refractivity contribution in [3.8, 4) is 39.6 Å². The number of aromatic nitrogens is 3. The zero-order valence-electron chi connectivity index (χ0n) is 33.5. The van der Waals surface area contributed by atoms with E-state index in [9.17, 15) is 0 Å². The number of nitrogens with zero attached hydrogens (tertiary/aromatic N) is 4. The molecule has 0 fully saturated rings. The first kappa shape index (κ1) is 36.6. The first-order chi connectivity index (χ1) is 30.7. The predicted octanol–water partition coefficient (Wildman–Crippen LogP) is 14.0. The van der Waals surface area contributed by atoms with E-state index in [0.29, 0.717) is 11.5 Å². The van der Waals surface area contributed by atoms with Crippen LogP contribution in [-0.4, -0.2) is 26.1 Å². The first-order valence-electron chi connectivity index (χ1n) is 20.6. The van der Waals surface area contributed by atoms with Crippen molar-refractivity contribution < 1.29 is 4.42 Å². The minimum Gasteiger partial charge on any atom is -0.455 e. The summed E-state index contributed by atoms with van der Waals surface area (Å²) in [5, 5.41) is 13.4. The zero-order chi connectivity index (χ0) is 41.4. The fraction of sp³-hybridized carbons (Fsp3) is 0. The molecule has 0 saturated heterocycles. The van der Waals surface area contributed by atoms with Crippen molar-refractivity contribution in [1.29, 1.82) is 5.41 Å². The highest BCUT2D eigenvalue weighted by Gasteiger charge is 2.21. The van der Waals surface area contributed by atoms with E-state index in [0.717, 1.165) is 94.2 Å². The summed E-state index contributed by atoms with van der Waals surface area (Å²) in [6.07, 6.45) is 4.13. The van der Waals surface area contributed by atoms with Crippen LogP contribution in [0.4, 0.5) is 0 Å². The Balaban J connectivity index is 1.15. The monoisotopic (exact) mass is 795 g/mol. The van der Waals surface area contributed by atoms with Crippen LogP contribution in [0.2, 0.25) is 0 Å². The standard InChI is InChI=1S/C56H37N5O/c57-55(39-21-9-3-10-22-39)58-46(37-17-5-1-6-18-37)32-29-42-35-41(48-36-47(38-19-7-2-8-20-38)59-56(60-48)40-23-11-4-12-24-40)30-33-49(42)61-50-27-15-13-26-45(50)53-51(61)34-31-44-43-25-14-16-28-52(43)62-54(44)53/h1-36,57H/b32-29+,57-55?,58-46?. The summed E-state index contributed by atoms with van der Waals surface area (Å²) < 4.78 is 8.98. The molecule has 0 unspecified atom stereocenters. The summed E-state index contributed by atoms with van der Waals surface area (Å²) in [6, 6.07) is 69.8. The van der Waals surface area contributed by atoms with E-state index in [1.807, 2.05) is 127 Å². The van der Waals surface area contributed by atoms with Crippen LogP contribution in [0.5, 0.6) is 0 Å². The van der Waals surface area contributed by atoms with Crippen molar-refractivity contribution in [2.24, 2.45) is 4.99 Å². The van der Waals surface area contributed by atoms with Crippen LogP contribution >= 0.6 is 0 Å². The van der Waals surface area contributed by atoms with Crippen LogP contribution in [0.1, 0.15) is 16.7 Å². The van der Waals surface area contributed by atoms with Gasteiger partial charge < -0.3 is 8.98 Å². The molecule has 292 valence electrons. The van der Waals surface area contributed by atoms with Gasteiger partial charge in [-0.05, 0) is 54.1 Å². The summed E-state index contributed by atoms with van der Waals surface area (Å²) in [5.41, 5.74) is 12.6. The Morgan fingerprint density at radius 2 is 1.13 bits per heavy atom. The number of hydrogen-bond acceptors (Lipinski definition) is 4. The van der Waals surface area contributed by atoms with Crippen molar-refractivity contribution in [2.45, 2.75) is 0 Å².